The van der Waals surface area contributed by atoms with Gasteiger partial charge in [0.2, 0.25) is 5.91 Å². The van der Waals surface area contributed by atoms with E-state index in [2.05, 4.69) is 0 Å². The number of likely N-dealkylation sites (tertiary alicyclic amines) is 1. The fraction of sp³-hybridized carbons (Fsp3) is 0.481. The van der Waals surface area contributed by atoms with Crippen LogP contribution in [0.5, 0.6) is 0 Å². The fourth-order valence-electron chi connectivity index (χ4n) is 5.60. The summed E-state index contributed by atoms with van der Waals surface area (Å²) in [6.45, 7) is 9.19. The smallest absolute Gasteiger partial charge is 0.449 e. The summed E-state index contributed by atoms with van der Waals surface area (Å²) in [5, 5.41) is 0. The SMILES string of the molecule is CC1(C)OB(c2ccc(C3(C(=O)N4CC[C@@]5(C4)OC(=O)c4ccccc45)CC3)cc2)OC1(C)C. The van der Waals surface area contributed by atoms with Crippen molar-refractivity contribution in [2.75, 3.05) is 13.1 Å². The molecular formula is C27H30BNO5. The van der Waals surface area contributed by atoms with Crippen molar-refractivity contribution < 1.29 is 23.6 Å². The van der Waals surface area contributed by atoms with Crippen molar-refractivity contribution >= 4 is 24.5 Å². The molecule has 2 aromatic rings. The zero-order chi connectivity index (χ0) is 23.9. The summed E-state index contributed by atoms with van der Waals surface area (Å²) in [6.07, 6.45) is 2.31. The van der Waals surface area contributed by atoms with Gasteiger partial charge in [0, 0.05) is 18.5 Å². The lowest BCUT2D eigenvalue weighted by atomic mass is 9.78. The minimum Gasteiger partial charge on any atom is -0.449 e. The quantitative estimate of drug-likeness (QED) is 0.521. The van der Waals surface area contributed by atoms with Crippen LogP contribution in [-0.4, -0.2) is 48.2 Å². The second kappa shape index (κ2) is 6.95. The molecular weight excluding hydrogens is 429 g/mol. The molecule has 3 aliphatic heterocycles. The lowest BCUT2D eigenvalue weighted by molar-refractivity contribution is -0.134. The molecule has 7 heteroatoms. The van der Waals surface area contributed by atoms with E-state index in [0.717, 1.165) is 29.4 Å². The van der Waals surface area contributed by atoms with Gasteiger partial charge in [0.25, 0.3) is 0 Å². The van der Waals surface area contributed by atoms with Crippen LogP contribution in [0.2, 0.25) is 0 Å². The number of carbonyl (C=O) groups is 2. The van der Waals surface area contributed by atoms with Crippen LogP contribution in [0.4, 0.5) is 0 Å². The largest absolute Gasteiger partial charge is 0.494 e. The van der Waals surface area contributed by atoms with Crippen molar-refractivity contribution in [3.8, 4) is 0 Å². The average molecular weight is 459 g/mol. The minimum absolute atomic E-state index is 0.133. The number of nitrogens with zero attached hydrogens (tertiary/aromatic N) is 1. The Kier molecular flexibility index (Phi) is 4.47. The highest BCUT2D eigenvalue weighted by Gasteiger charge is 2.58. The number of amides is 1. The molecule has 1 atom stereocenters. The third-order valence-electron chi connectivity index (χ3n) is 8.59. The summed E-state index contributed by atoms with van der Waals surface area (Å²) in [6, 6.07) is 15.7. The summed E-state index contributed by atoms with van der Waals surface area (Å²) in [5.41, 5.74) is 1.55. The highest BCUT2D eigenvalue weighted by Crippen LogP contribution is 2.52. The molecule has 0 radical (unpaired) electrons. The molecule has 3 heterocycles. The molecule has 4 aliphatic rings. The van der Waals surface area contributed by atoms with Crippen LogP contribution < -0.4 is 5.46 Å². The van der Waals surface area contributed by atoms with E-state index in [9.17, 15) is 9.59 Å². The highest BCUT2D eigenvalue weighted by atomic mass is 16.7. The summed E-state index contributed by atoms with van der Waals surface area (Å²) in [7, 11) is -0.416. The van der Waals surface area contributed by atoms with Gasteiger partial charge in [-0.15, -0.1) is 0 Å². The van der Waals surface area contributed by atoms with Gasteiger partial charge in [0.15, 0.2) is 5.60 Å². The highest BCUT2D eigenvalue weighted by molar-refractivity contribution is 6.62. The van der Waals surface area contributed by atoms with Crippen LogP contribution in [0.15, 0.2) is 48.5 Å². The van der Waals surface area contributed by atoms with Crippen molar-refractivity contribution in [2.24, 2.45) is 0 Å². The maximum Gasteiger partial charge on any atom is 0.494 e. The molecule has 6 nitrogen and oxygen atoms in total. The Labute approximate surface area is 200 Å². The number of carbonyl (C=O) groups excluding carboxylic acids is 2. The number of esters is 1. The fourth-order valence-corrected chi connectivity index (χ4v) is 5.60. The van der Waals surface area contributed by atoms with Gasteiger partial charge in [-0.05, 0) is 57.6 Å². The Morgan fingerprint density at radius 1 is 0.912 bits per heavy atom. The molecule has 6 rings (SSSR count). The van der Waals surface area contributed by atoms with Crippen molar-refractivity contribution in [3.63, 3.8) is 0 Å². The Hall–Kier alpha value is -2.64. The standard InChI is InChI=1S/C27H30BNO5/c1-24(2)25(3,4)34-28(33-24)19-11-9-18(10-12-19)26(13-14-26)23(31)29-16-15-27(17-29)21-8-6-5-7-20(21)22(30)32-27/h5-12H,13-17H2,1-4H3/t27-/m0/s1. The molecule has 2 aromatic carbocycles. The Morgan fingerprint density at radius 2 is 1.56 bits per heavy atom. The van der Waals surface area contributed by atoms with Crippen LogP contribution in [0, 0.1) is 0 Å². The molecule has 176 valence electrons. The van der Waals surface area contributed by atoms with Crippen LogP contribution in [0.3, 0.4) is 0 Å². The molecule has 3 fully saturated rings. The second-order valence-electron chi connectivity index (χ2n) is 11.2. The number of hydrogen-bond acceptors (Lipinski definition) is 5. The van der Waals surface area contributed by atoms with Gasteiger partial charge in [-0.25, -0.2) is 4.79 Å². The Balaban J connectivity index is 1.20. The maximum atomic E-state index is 13.7. The number of benzene rings is 2. The predicted molar refractivity (Wildman–Crippen MR) is 128 cm³/mol. The Bertz CT molecular complexity index is 1170. The first-order valence-corrected chi connectivity index (χ1v) is 12.2. The molecule has 1 saturated carbocycles. The number of ether oxygens (including phenoxy) is 1. The van der Waals surface area contributed by atoms with Gasteiger partial charge in [0.05, 0.1) is 28.7 Å². The van der Waals surface area contributed by atoms with E-state index in [-0.39, 0.29) is 11.9 Å². The lowest BCUT2D eigenvalue weighted by Crippen LogP contribution is -2.41. The zero-order valence-electron chi connectivity index (χ0n) is 20.2. The van der Waals surface area contributed by atoms with Crippen LogP contribution in [0.25, 0.3) is 0 Å². The average Bonchev–Trinajstić information content (AvgIpc) is 3.36. The molecule has 0 N–H and O–H groups in total. The molecule has 0 unspecified atom stereocenters. The van der Waals surface area contributed by atoms with E-state index < -0.39 is 29.3 Å². The first kappa shape index (κ1) is 21.9. The molecule has 0 aromatic heterocycles. The number of rotatable bonds is 3. The number of fused-ring (bicyclic) bond motifs is 2. The first-order valence-electron chi connectivity index (χ1n) is 12.2. The first-order chi connectivity index (χ1) is 16.1. The summed E-state index contributed by atoms with van der Waals surface area (Å²) in [5.74, 6) is -0.155. The van der Waals surface area contributed by atoms with Gasteiger partial charge in [-0.3, -0.25) is 4.79 Å². The third kappa shape index (κ3) is 3.03. The molecule has 1 aliphatic carbocycles. The van der Waals surface area contributed by atoms with Gasteiger partial charge in [0.1, 0.15) is 0 Å². The lowest BCUT2D eigenvalue weighted by Gasteiger charge is -2.32. The zero-order valence-corrected chi connectivity index (χ0v) is 20.2. The molecule has 34 heavy (non-hydrogen) atoms. The van der Waals surface area contributed by atoms with Crippen molar-refractivity contribution in [3.05, 3.63) is 65.2 Å². The molecule has 2 saturated heterocycles. The van der Waals surface area contributed by atoms with Gasteiger partial charge in [-0.2, -0.15) is 0 Å². The van der Waals surface area contributed by atoms with Crippen molar-refractivity contribution in [1.29, 1.82) is 0 Å². The topological polar surface area (TPSA) is 65.1 Å². The van der Waals surface area contributed by atoms with Crippen LogP contribution >= 0.6 is 0 Å². The van der Waals surface area contributed by atoms with E-state index in [1.165, 1.54) is 0 Å². The maximum absolute atomic E-state index is 13.7. The number of hydrogen-bond donors (Lipinski definition) is 0. The van der Waals surface area contributed by atoms with E-state index >= 15 is 0 Å². The molecule has 0 bridgehead atoms. The minimum atomic E-state index is -0.708. The van der Waals surface area contributed by atoms with Gasteiger partial charge < -0.3 is 18.9 Å². The third-order valence-corrected chi connectivity index (χ3v) is 8.59. The van der Waals surface area contributed by atoms with E-state index in [4.69, 9.17) is 14.0 Å². The molecule has 1 spiro atoms. The van der Waals surface area contributed by atoms with Crippen LogP contribution in [0.1, 0.15) is 68.4 Å². The van der Waals surface area contributed by atoms with Gasteiger partial charge in [-0.1, -0.05) is 42.5 Å². The van der Waals surface area contributed by atoms with E-state index in [1.54, 1.807) is 6.07 Å². The second-order valence-corrected chi connectivity index (χ2v) is 11.2. The van der Waals surface area contributed by atoms with Crippen molar-refractivity contribution in [1.82, 2.24) is 4.90 Å². The normalized spacial score (nSPS) is 27.7. The monoisotopic (exact) mass is 459 g/mol. The van der Waals surface area contributed by atoms with E-state index in [0.29, 0.717) is 25.1 Å². The van der Waals surface area contributed by atoms with Gasteiger partial charge >= 0.3 is 13.1 Å². The van der Waals surface area contributed by atoms with Crippen LogP contribution in [-0.2, 0) is 29.9 Å². The molecule has 1 amide bonds. The summed E-state index contributed by atoms with van der Waals surface area (Å²) >= 11 is 0. The predicted octanol–water partition coefficient (Wildman–Crippen LogP) is 3.32. The van der Waals surface area contributed by atoms with Crippen molar-refractivity contribution in [2.45, 2.75) is 69.2 Å². The Morgan fingerprint density at radius 3 is 2.21 bits per heavy atom. The summed E-state index contributed by atoms with van der Waals surface area (Å²) < 4.78 is 18.2. The summed E-state index contributed by atoms with van der Waals surface area (Å²) in [4.78, 5) is 28.0. The van der Waals surface area contributed by atoms with E-state index in [1.807, 2.05) is 75.1 Å².